The fraction of sp³-hybridized carbons (Fsp3) is 0.652. The second-order valence-electron chi connectivity index (χ2n) is 8.21. The van der Waals surface area contributed by atoms with E-state index in [2.05, 4.69) is 21.7 Å². The van der Waals surface area contributed by atoms with Crippen molar-refractivity contribution in [1.82, 2.24) is 10.6 Å². The number of aliphatic imine (C=N–C) groups is 1. The van der Waals surface area contributed by atoms with Crippen LogP contribution in [-0.4, -0.2) is 51.8 Å². The number of benzene rings is 1. The normalized spacial score (nSPS) is 17.8. The summed E-state index contributed by atoms with van der Waals surface area (Å²) in [5, 5.41) is 6.69. The SMILES string of the molecule is CCOCCC1(CNC(=NC)NCC(=O)N2CCCc3ccccc32)CCCC1.I. The Morgan fingerprint density at radius 2 is 1.97 bits per heavy atom. The molecule has 30 heavy (non-hydrogen) atoms. The second-order valence-corrected chi connectivity index (χ2v) is 8.21. The van der Waals surface area contributed by atoms with Gasteiger partial charge in [0, 0.05) is 39.0 Å². The Kier molecular flexibility index (Phi) is 10.4. The fourth-order valence-corrected chi connectivity index (χ4v) is 4.61. The van der Waals surface area contributed by atoms with Crippen molar-refractivity contribution in [1.29, 1.82) is 0 Å². The number of aryl methyl sites for hydroxylation is 1. The van der Waals surface area contributed by atoms with Crippen molar-refractivity contribution >= 4 is 41.5 Å². The van der Waals surface area contributed by atoms with Crippen LogP contribution in [0.4, 0.5) is 5.69 Å². The van der Waals surface area contributed by atoms with Gasteiger partial charge in [0.15, 0.2) is 5.96 Å². The molecule has 0 radical (unpaired) electrons. The van der Waals surface area contributed by atoms with Crippen LogP contribution < -0.4 is 15.5 Å². The number of nitrogens with one attached hydrogen (secondary N) is 2. The van der Waals surface area contributed by atoms with Crippen molar-refractivity contribution < 1.29 is 9.53 Å². The zero-order valence-electron chi connectivity index (χ0n) is 18.4. The molecular weight excluding hydrogens is 491 g/mol. The molecule has 1 aliphatic carbocycles. The molecule has 2 aliphatic rings. The van der Waals surface area contributed by atoms with Gasteiger partial charge in [-0.15, -0.1) is 24.0 Å². The lowest BCUT2D eigenvalue weighted by molar-refractivity contribution is -0.117. The number of fused-ring (bicyclic) bond motifs is 1. The van der Waals surface area contributed by atoms with Gasteiger partial charge in [0.1, 0.15) is 0 Å². The van der Waals surface area contributed by atoms with Gasteiger partial charge < -0.3 is 20.3 Å². The summed E-state index contributed by atoms with van der Waals surface area (Å²) in [5.41, 5.74) is 2.59. The largest absolute Gasteiger partial charge is 0.382 e. The predicted molar refractivity (Wildman–Crippen MR) is 134 cm³/mol. The number of carbonyl (C=O) groups is 1. The van der Waals surface area contributed by atoms with Crippen molar-refractivity contribution in [3.8, 4) is 0 Å². The molecule has 7 heteroatoms. The average Bonchev–Trinajstić information content (AvgIpc) is 3.22. The summed E-state index contributed by atoms with van der Waals surface area (Å²) in [7, 11) is 1.76. The number of halogens is 1. The molecule has 0 atom stereocenters. The second kappa shape index (κ2) is 12.5. The summed E-state index contributed by atoms with van der Waals surface area (Å²) in [6.07, 6.45) is 8.16. The van der Waals surface area contributed by atoms with Crippen LogP contribution in [-0.2, 0) is 16.0 Å². The number of ether oxygens (including phenoxy) is 1. The van der Waals surface area contributed by atoms with Crippen LogP contribution in [0.2, 0.25) is 0 Å². The minimum Gasteiger partial charge on any atom is -0.382 e. The third kappa shape index (κ3) is 6.57. The van der Waals surface area contributed by atoms with E-state index in [1.165, 1.54) is 31.2 Å². The number of guanidine groups is 1. The highest BCUT2D eigenvalue weighted by molar-refractivity contribution is 14.0. The van der Waals surface area contributed by atoms with Crippen LogP contribution in [0.25, 0.3) is 0 Å². The minimum atomic E-state index is 0. The monoisotopic (exact) mass is 528 g/mol. The highest BCUT2D eigenvalue weighted by atomic mass is 127. The molecule has 3 rings (SSSR count). The molecule has 1 heterocycles. The Hall–Kier alpha value is -1.35. The van der Waals surface area contributed by atoms with Gasteiger partial charge in [-0.3, -0.25) is 9.79 Å². The lowest BCUT2D eigenvalue weighted by Gasteiger charge is -2.31. The molecule has 168 valence electrons. The number of hydrogen-bond acceptors (Lipinski definition) is 3. The predicted octanol–water partition coefficient (Wildman–Crippen LogP) is 3.74. The molecule has 1 aromatic rings. The molecular formula is C23H37IN4O2. The van der Waals surface area contributed by atoms with Crippen molar-refractivity contribution in [3.05, 3.63) is 29.8 Å². The third-order valence-corrected chi connectivity index (χ3v) is 6.32. The number of anilines is 1. The highest BCUT2D eigenvalue weighted by Crippen LogP contribution is 2.40. The van der Waals surface area contributed by atoms with Crippen LogP contribution >= 0.6 is 24.0 Å². The van der Waals surface area contributed by atoms with Gasteiger partial charge in [-0.2, -0.15) is 0 Å². The van der Waals surface area contributed by atoms with E-state index in [-0.39, 0.29) is 41.8 Å². The summed E-state index contributed by atoms with van der Waals surface area (Å²) in [6, 6.07) is 8.20. The maximum absolute atomic E-state index is 12.8. The summed E-state index contributed by atoms with van der Waals surface area (Å²) in [4.78, 5) is 19.1. The molecule has 0 unspecified atom stereocenters. The number of nitrogens with zero attached hydrogens (tertiary/aromatic N) is 2. The Balaban J connectivity index is 0.00000320. The molecule has 1 aromatic carbocycles. The first kappa shape index (κ1) is 24.9. The van der Waals surface area contributed by atoms with E-state index in [1.54, 1.807) is 7.05 Å². The third-order valence-electron chi connectivity index (χ3n) is 6.32. The molecule has 0 spiro atoms. The molecule has 1 aliphatic heterocycles. The molecule has 0 saturated heterocycles. The summed E-state index contributed by atoms with van der Waals surface area (Å²) in [6.45, 7) is 5.54. The first-order valence-corrected chi connectivity index (χ1v) is 11.1. The Morgan fingerprint density at radius 3 is 2.70 bits per heavy atom. The number of amides is 1. The average molecular weight is 528 g/mol. The molecule has 6 nitrogen and oxygen atoms in total. The fourth-order valence-electron chi connectivity index (χ4n) is 4.61. The smallest absolute Gasteiger partial charge is 0.246 e. The van der Waals surface area contributed by atoms with E-state index in [9.17, 15) is 4.79 Å². The van der Waals surface area contributed by atoms with Gasteiger partial charge in [0.2, 0.25) is 5.91 Å². The van der Waals surface area contributed by atoms with Gasteiger partial charge in [-0.1, -0.05) is 31.0 Å². The molecule has 0 aromatic heterocycles. The van der Waals surface area contributed by atoms with E-state index < -0.39 is 0 Å². The standard InChI is InChI=1S/C23H36N4O2.HI/c1-3-29-16-14-23(12-6-7-13-23)18-26-22(24-2)25-17-21(28)27-15-8-10-19-9-4-5-11-20(19)27;/h4-5,9,11H,3,6-8,10,12-18H2,1-2H3,(H2,24,25,26);1H. The zero-order chi connectivity index (χ0) is 20.5. The first-order chi connectivity index (χ1) is 14.2. The van der Waals surface area contributed by atoms with Crippen LogP contribution in [0.5, 0.6) is 0 Å². The van der Waals surface area contributed by atoms with Crippen LogP contribution in [0.15, 0.2) is 29.3 Å². The Bertz CT molecular complexity index is 704. The number of para-hydroxylation sites is 1. The van der Waals surface area contributed by atoms with Gasteiger partial charge in [-0.25, -0.2) is 0 Å². The van der Waals surface area contributed by atoms with Crippen molar-refractivity contribution in [2.75, 3.05) is 44.8 Å². The quantitative estimate of drug-likeness (QED) is 0.234. The van der Waals surface area contributed by atoms with Crippen LogP contribution in [0.1, 0.15) is 51.0 Å². The number of carbonyl (C=O) groups excluding carboxylic acids is 1. The molecule has 2 N–H and O–H groups in total. The number of rotatable bonds is 8. The summed E-state index contributed by atoms with van der Waals surface area (Å²) in [5.74, 6) is 0.790. The van der Waals surface area contributed by atoms with Gasteiger partial charge in [-0.05, 0) is 56.1 Å². The van der Waals surface area contributed by atoms with E-state index in [1.807, 2.05) is 30.0 Å². The zero-order valence-corrected chi connectivity index (χ0v) is 20.7. The molecule has 1 fully saturated rings. The van der Waals surface area contributed by atoms with Gasteiger partial charge in [0.25, 0.3) is 0 Å². The first-order valence-electron chi connectivity index (χ1n) is 11.1. The van der Waals surface area contributed by atoms with Crippen molar-refractivity contribution in [2.24, 2.45) is 10.4 Å². The number of hydrogen-bond donors (Lipinski definition) is 2. The molecule has 0 bridgehead atoms. The summed E-state index contributed by atoms with van der Waals surface area (Å²) < 4.78 is 5.60. The van der Waals surface area contributed by atoms with Crippen LogP contribution in [0.3, 0.4) is 0 Å². The highest BCUT2D eigenvalue weighted by Gasteiger charge is 2.33. The summed E-state index contributed by atoms with van der Waals surface area (Å²) >= 11 is 0. The maximum Gasteiger partial charge on any atom is 0.246 e. The molecule has 1 amide bonds. The maximum atomic E-state index is 12.8. The lowest BCUT2D eigenvalue weighted by atomic mass is 9.83. The molecule has 1 saturated carbocycles. The minimum absolute atomic E-state index is 0. The van der Waals surface area contributed by atoms with Gasteiger partial charge in [0.05, 0.1) is 6.54 Å². The van der Waals surface area contributed by atoms with E-state index in [0.717, 1.165) is 51.3 Å². The van der Waals surface area contributed by atoms with Crippen molar-refractivity contribution in [3.63, 3.8) is 0 Å². The van der Waals surface area contributed by atoms with Crippen molar-refractivity contribution in [2.45, 2.75) is 51.9 Å². The van der Waals surface area contributed by atoms with E-state index in [0.29, 0.717) is 5.96 Å². The topological polar surface area (TPSA) is 66.0 Å². The van der Waals surface area contributed by atoms with Gasteiger partial charge >= 0.3 is 0 Å². The Labute approximate surface area is 198 Å². The van der Waals surface area contributed by atoms with Crippen LogP contribution in [0, 0.1) is 5.41 Å². The lowest BCUT2D eigenvalue weighted by Crippen LogP contribution is -2.48. The van der Waals surface area contributed by atoms with E-state index in [4.69, 9.17) is 4.74 Å². The van der Waals surface area contributed by atoms with E-state index >= 15 is 0 Å². The Morgan fingerprint density at radius 1 is 1.20 bits per heavy atom.